The second kappa shape index (κ2) is 7.33. The van der Waals surface area contributed by atoms with E-state index in [4.69, 9.17) is 9.97 Å². The van der Waals surface area contributed by atoms with E-state index in [-0.39, 0.29) is 6.04 Å². The van der Waals surface area contributed by atoms with Crippen LogP contribution in [0.25, 0.3) is 5.52 Å². The van der Waals surface area contributed by atoms with Crippen molar-refractivity contribution in [3.05, 3.63) is 36.5 Å². The van der Waals surface area contributed by atoms with Crippen molar-refractivity contribution in [2.75, 3.05) is 41.3 Å². The van der Waals surface area contributed by atoms with Crippen LogP contribution in [0, 0.1) is 12.8 Å². The fourth-order valence-corrected chi connectivity index (χ4v) is 5.44. The number of aryl methyl sites for hydroxylation is 1. The number of aromatic nitrogens is 5. The molecule has 0 aromatic carbocycles. The number of nitrogens with zero attached hydrogens (tertiary/aromatic N) is 7. The second-order valence-electron chi connectivity index (χ2n) is 9.38. The molecule has 0 amide bonds. The van der Waals surface area contributed by atoms with Crippen molar-refractivity contribution in [1.82, 2.24) is 29.7 Å². The average molecular weight is 420 g/mol. The summed E-state index contributed by atoms with van der Waals surface area (Å²) < 4.78 is 2.21. The monoisotopic (exact) mass is 419 g/mol. The van der Waals surface area contributed by atoms with E-state index in [1.807, 2.05) is 37.9 Å². The maximum absolute atomic E-state index is 4.85. The maximum atomic E-state index is 4.85. The fourth-order valence-electron chi connectivity index (χ4n) is 5.44. The molecule has 0 saturated carbocycles. The smallest absolute Gasteiger partial charge is 0.222 e. The Morgan fingerprint density at radius 1 is 1.03 bits per heavy atom. The molecule has 162 valence electrons. The number of nitrogens with one attached hydrogen (secondary N) is 2. The van der Waals surface area contributed by atoms with E-state index in [1.54, 1.807) is 0 Å². The van der Waals surface area contributed by atoms with Gasteiger partial charge < -0.3 is 20.4 Å². The summed E-state index contributed by atoms with van der Waals surface area (Å²) in [6, 6.07) is 1.41. The molecule has 3 fully saturated rings. The van der Waals surface area contributed by atoms with E-state index in [0.717, 1.165) is 55.4 Å². The first-order chi connectivity index (χ1) is 15.1. The van der Waals surface area contributed by atoms with Crippen LogP contribution >= 0.6 is 0 Å². The molecular weight excluding hydrogens is 390 g/mol. The summed E-state index contributed by atoms with van der Waals surface area (Å²) in [6.07, 6.45) is 12.0. The summed E-state index contributed by atoms with van der Waals surface area (Å²) in [7, 11) is 0. The zero-order valence-corrected chi connectivity index (χ0v) is 18.1. The van der Waals surface area contributed by atoms with E-state index in [1.165, 1.54) is 6.42 Å². The van der Waals surface area contributed by atoms with Crippen LogP contribution in [0.2, 0.25) is 0 Å². The normalized spacial score (nSPS) is 27.9. The first kappa shape index (κ1) is 18.8. The molecule has 3 saturated heterocycles. The van der Waals surface area contributed by atoms with Crippen LogP contribution in [0.5, 0.6) is 0 Å². The van der Waals surface area contributed by atoms with Gasteiger partial charge in [-0.2, -0.15) is 0 Å². The standard InChI is InChI=1S/C22H29N9/c1-14-5-17(28-21-25-7-15(2)8-26-21)12-29(11-14)22-27-10-19-20(23-3-4-30(19)22)31-13-16-6-18(31)9-24-16/h3-4,7-8,10,14,16-18,24H,5-6,9,11-13H2,1-2H3,(H,25,26,28)/t14-,16+,17-,18+/m1/s1. The van der Waals surface area contributed by atoms with Gasteiger partial charge in [-0.15, -0.1) is 0 Å². The summed E-state index contributed by atoms with van der Waals surface area (Å²) in [6.45, 7) is 8.24. The molecule has 0 radical (unpaired) electrons. The Bertz CT molecular complexity index is 1080. The Labute approximate surface area is 181 Å². The van der Waals surface area contributed by atoms with E-state index in [0.29, 0.717) is 23.9 Å². The maximum Gasteiger partial charge on any atom is 0.222 e. The van der Waals surface area contributed by atoms with Crippen LogP contribution in [-0.2, 0) is 0 Å². The number of piperidine rings is 1. The highest BCUT2D eigenvalue weighted by Gasteiger charge is 2.39. The molecule has 0 spiro atoms. The van der Waals surface area contributed by atoms with Gasteiger partial charge in [-0.1, -0.05) is 6.92 Å². The van der Waals surface area contributed by atoms with E-state index in [2.05, 4.69) is 41.7 Å². The first-order valence-corrected chi connectivity index (χ1v) is 11.3. The molecular formula is C22H29N9. The highest BCUT2D eigenvalue weighted by Crippen LogP contribution is 2.32. The minimum absolute atomic E-state index is 0.278. The van der Waals surface area contributed by atoms with Gasteiger partial charge in [0.2, 0.25) is 11.9 Å². The molecule has 3 aliphatic heterocycles. The lowest BCUT2D eigenvalue weighted by atomic mass is 9.96. The fraction of sp³-hybridized carbons (Fsp3) is 0.545. The number of rotatable bonds is 4. The van der Waals surface area contributed by atoms with Crippen molar-refractivity contribution >= 4 is 23.2 Å². The van der Waals surface area contributed by atoms with Gasteiger partial charge >= 0.3 is 0 Å². The molecule has 3 aromatic heterocycles. The Hall–Kier alpha value is -2.94. The highest BCUT2D eigenvalue weighted by molar-refractivity contribution is 5.72. The Kier molecular flexibility index (Phi) is 4.45. The molecule has 6 rings (SSSR count). The van der Waals surface area contributed by atoms with Gasteiger partial charge in [0, 0.05) is 69.1 Å². The Morgan fingerprint density at radius 2 is 1.90 bits per heavy atom. The topological polar surface area (TPSA) is 86.5 Å². The number of anilines is 3. The predicted molar refractivity (Wildman–Crippen MR) is 121 cm³/mol. The van der Waals surface area contributed by atoms with E-state index in [9.17, 15) is 0 Å². The third-order valence-corrected chi connectivity index (χ3v) is 6.80. The third-order valence-electron chi connectivity index (χ3n) is 6.80. The minimum atomic E-state index is 0.278. The number of hydrogen-bond donors (Lipinski definition) is 2. The van der Waals surface area contributed by atoms with Gasteiger partial charge in [-0.3, -0.25) is 4.40 Å². The average Bonchev–Trinajstić information content (AvgIpc) is 3.50. The van der Waals surface area contributed by atoms with Crippen molar-refractivity contribution in [2.24, 2.45) is 5.92 Å². The highest BCUT2D eigenvalue weighted by atomic mass is 15.3. The SMILES string of the molecule is Cc1cnc(N[C@@H]2C[C@@H](C)CN(c3ncc4c(N5C[C@@H]6C[C@H]5CN6)nccn34)C2)nc1. The Balaban J connectivity index is 1.27. The largest absolute Gasteiger partial charge is 0.350 e. The molecule has 4 atom stereocenters. The predicted octanol–water partition coefficient (Wildman–Crippen LogP) is 1.71. The summed E-state index contributed by atoms with van der Waals surface area (Å²) in [5.74, 6) is 3.29. The van der Waals surface area contributed by atoms with Crippen LogP contribution < -0.4 is 20.4 Å². The number of imidazole rings is 1. The second-order valence-corrected chi connectivity index (χ2v) is 9.38. The van der Waals surface area contributed by atoms with E-state index >= 15 is 0 Å². The lowest BCUT2D eigenvalue weighted by molar-refractivity contribution is 0.411. The van der Waals surface area contributed by atoms with E-state index < -0.39 is 0 Å². The third kappa shape index (κ3) is 3.37. The lowest BCUT2D eigenvalue weighted by Crippen LogP contribution is -2.46. The number of fused-ring (bicyclic) bond motifs is 3. The lowest BCUT2D eigenvalue weighted by Gasteiger charge is -2.37. The molecule has 2 bridgehead atoms. The van der Waals surface area contributed by atoms with Gasteiger partial charge in [0.25, 0.3) is 0 Å². The molecule has 2 N–H and O–H groups in total. The van der Waals surface area contributed by atoms with Crippen molar-refractivity contribution in [1.29, 1.82) is 0 Å². The molecule has 3 aromatic rings. The summed E-state index contributed by atoms with van der Waals surface area (Å²) in [5.41, 5.74) is 2.16. The van der Waals surface area contributed by atoms with Crippen molar-refractivity contribution < 1.29 is 0 Å². The van der Waals surface area contributed by atoms with Crippen LogP contribution in [0.15, 0.2) is 31.0 Å². The van der Waals surface area contributed by atoms with Crippen LogP contribution in [-0.4, -0.2) is 68.6 Å². The van der Waals surface area contributed by atoms with Crippen LogP contribution in [0.4, 0.5) is 17.7 Å². The van der Waals surface area contributed by atoms with Crippen molar-refractivity contribution in [3.63, 3.8) is 0 Å². The molecule has 0 aliphatic carbocycles. The first-order valence-electron chi connectivity index (χ1n) is 11.3. The summed E-state index contributed by atoms with van der Waals surface area (Å²) in [5, 5.41) is 7.10. The minimum Gasteiger partial charge on any atom is -0.350 e. The molecule has 31 heavy (non-hydrogen) atoms. The number of piperazine rings is 1. The zero-order valence-electron chi connectivity index (χ0n) is 18.1. The molecule has 3 aliphatic rings. The molecule has 0 unspecified atom stereocenters. The van der Waals surface area contributed by atoms with Gasteiger partial charge in [-0.25, -0.2) is 19.9 Å². The summed E-state index contributed by atoms with van der Waals surface area (Å²) >= 11 is 0. The van der Waals surface area contributed by atoms with Crippen LogP contribution in [0.3, 0.4) is 0 Å². The molecule has 6 heterocycles. The number of hydrogen-bond acceptors (Lipinski definition) is 8. The Morgan fingerprint density at radius 3 is 2.68 bits per heavy atom. The molecule has 9 nitrogen and oxygen atoms in total. The van der Waals surface area contributed by atoms with Gasteiger partial charge in [-0.05, 0) is 31.2 Å². The van der Waals surface area contributed by atoms with Gasteiger partial charge in [0.15, 0.2) is 5.82 Å². The summed E-state index contributed by atoms with van der Waals surface area (Å²) in [4.78, 5) is 23.3. The quantitative estimate of drug-likeness (QED) is 0.661. The van der Waals surface area contributed by atoms with Gasteiger partial charge in [0.1, 0.15) is 5.52 Å². The van der Waals surface area contributed by atoms with Crippen molar-refractivity contribution in [2.45, 2.75) is 44.8 Å². The zero-order chi connectivity index (χ0) is 20.9. The van der Waals surface area contributed by atoms with Crippen molar-refractivity contribution in [3.8, 4) is 0 Å². The van der Waals surface area contributed by atoms with Gasteiger partial charge in [0.05, 0.1) is 6.20 Å². The van der Waals surface area contributed by atoms with Crippen LogP contribution in [0.1, 0.15) is 25.3 Å². The molecule has 9 heteroatoms.